The number of hydrogen-bond acceptors (Lipinski definition) is 10. The van der Waals surface area contributed by atoms with Gasteiger partial charge in [0, 0.05) is 24.8 Å². The molecule has 0 aliphatic carbocycles. The van der Waals surface area contributed by atoms with Crippen LogP contribution in [-0.2, 0) is 4.74 Å². The van der Waals surface area contributed by atoms with Crippen LogP contribution in [0.3, 0.4) is 0 Å². The van der Waals surface area contributed by atoms with E-state index in [0.29, 0.717) is 41.6 Å². The first-order valence-corrected chi connectivity index (χ1v) is 12.7. The van der Waals surface area contributed by atoms with Gasteiger partial charge < -0.3 is 31.2 Å². The van der Waals surface area contributed by atoms with Gasteiger partial charge in [0.25, 0.3) is 5.91 Å². The molecule has 0 saturated carbocycles. The van der Waals surface area contributed by atoms with Gasteiger partial charge in [-0.25, -0.2) is 9.78 Å². The predicted molar refractivity (Wildman–Crippen MR) is 146 cm³/mol. The third kappa shape index (κ3) is 6.68. The van der Waals surface area contributed by atoms with Crippen molar-refractivity contribution in [1.29, 1.82) is 0 Å². The normalized spacial score (nSPS) is 11.3. The van der Waals surface area contributed by atoms with E-state index < -0.39 is 11.7 Å². The fourth-order valence-corrected chi connectivity index (χ4v) is 4.37. The number of nitrogens with two attached hydrogens (primary N) is 1. The van der Waals surface area contributed by atoms with Gasteiger partial charge in [0.1, 0.15) is 11.4 Å². The summed E-state index contributed by atoms with van der Waals surface area (Å²) in [6.07, 6.45) is 0.0481. The minimum atomic E-state index is -0.561. The van der Waals surface area contributed by atoms with E-state index in [4.69, 9.17) is 15.2 Å². The monoisotopic (exact) mass is 538 g/mol. The largest absolute Gasteiger partial charge is 0.496 e. The van der Waals surface area contributed by atoms with Gasteiger partial charge >= 0.3 is 6.09 Å². The fraction of sp³-hybridized carbons (Fsp3) is 0.320. The molecule has 0 aliphatic heterocycles. The second-order valence-corrected chi connectivity index (χ2v) is 10.3. The first-order valence-electron chi connectivity index (χ1n) is 11.9. The summed E-state index contributed by atoms with van der Waals surface area (Å²) in [6.45, 7) is 6.12. The Kier molecular flexibility index (Phi) is 7.96. The van der Waals surface area contributed by atoms with Crippen molar-refractivity contribution < 1.29 is 19.1 Å². The summed E-state index contributed by atoms with van der Waals surface area (Å²) in [4.78, 5) is 33.2. The topological polar surface area (TPSA) is 158 Å². The zero-order valence-electron chi connectivity index (χ0n) is 21.6. The second kappa shape index (κ2) is 11.3. The smallest absolute Gasteiger partial charge is 0.407 e. The van der Waals surface area contributed by atoms with Crippen LogP contribution < -0.4 is 26.4 Å². The van der Waals surface area contributed by atoms with Crippen molar-refractivity contribution in [2.75, 3.05) is 31.2 Å². The van der Waals surface area contributed by atoms with Gasteiger partial charge in [-0.3, -0.25) is 4.79 Å². The maximum absolute atomic E-state index is 12.7. The summed E-state index contributed by atoms with van der Waals surface area (Å²) in [5.41, 5.74) is 7.36. The second-order valence-electron chi connectivity index (χ2n) is 9.25. The van der Waals surface area contributed by atoms with Crippen molar-refractivity contribution in [3.63, 3.8) is 0 Å². The molecule has 0 atom stereocenters. The highest BCUT2D eigenvalue weighted by Crippen LogP contribution is 2.28. The highest BCUT2D eigenvalue weighted by molar-refractivity contribution is 7.20. The predicted octanol–water partition coefficient (Wildman–Crippen LogP) is 3.86. The Bertz CT molecular complexity index is 1410. The Balaban J connectivity index is 1.35. The van der Waals surface area contributed by atoms with Gasteiger partial charge in [-0.1, -0.05) is 23.5 Å². The van der Waals surface area contributed by atoms with E-state index in [1.807, 2.05) is 24.3 Å². The standard InChI is InChI=1S/C25H30N8O4S/c1-25(2,3)37-24(35)28-13-7-12-27-20(34)16-11-10-15(14-18(16)36-4)29-22-31-21(26)33(32-22)23-30-17-8-5-6-9-19(17)38-23/h5-6,8-11,14H,7,12-13H2,1-4H3,(H,27,34)(H,28,35)(H3,26,29,31,32). The van der Waals surface area contributed by atoms with Gasteiger partial charge in [0.2, 0.25) is 17.0 Å². The number of carbonyl (C=O) groups is 2. The van der Waals surface area contributed by atoms with E-state index in [2.05, 4.69) is 31.0 Å². The number of aromatic nitrogens is 4. The number of rotatable bonds is 9. The van der Waals surface area contributed by atoms with Crippen molar-refractivity contribution in [2.45, 2.75) is 32.8 Å². The van der Waals surface area contributed by atoms with Gasteiger partial charge in [-0.15, -0.1) is 5.10 Å². The van der Waals surface area contributed by atoms with Crippen LogP contribution in [-0.4, -0.2) is 57.5 Å². The molecular weight excluding hydrogens is 508 g/mol. The minimum Gasteiger partial charge on any atom is -0.496 e. The van der Waals surface area contributed by atoms with Crippen LogP contribution in [0.1, 0.15) is 37.6 Å². The molecule has 5 N–H and O–H groups in total. The first-order chi connectivity index (χ1) is 18.1. The van der Waals surface area contributed by atoms with Crippen LogP contribution in [0.25, 0.3) is 15.3 Å². The number of fused-ring (bicyclic) bond motifs is 1. The maximum Gasteiger partial charge on any atom is 0.407 e. The molecule has 2 heterocycles. The van der Waals surface area contributed by atoms with Gasteiger partial charge in [0.15, 0.2) is 0 Å². The quantitative estimate of drug-likeness (QED) is 0.232. The molecule has 200 valence electrons. The third-order valence-corrected chi connectivity index (χ3v) is 6.12. The number of nitrogen functional groups attached to an aromatic ring is 1. The summed E-state index contributed by atoms with van der Waals surface area (Å²) in [5, 5.41) is 13.6. The van der Waals surface area contributed by atoms with E-state index in [-0.39, 0.29) is 17.8 Å². The molecule has 4 aromatic rings. The Morgan fingerprint density at radius 1 is 1.08 bits per heavy atom. The number of nitrogens with zero attached hydrogens (tertiary/aromatic N) is 4. The van der Waals surface area contributed by atoms with E-state index in [1.165, 1.54) is 23.1 Å². The fourth-order valence-electron chi connectivity index (χ4n) is 3.44. The highest BCUT2D eigenvalue weighted by Gasteiger charge is 2.17. The van der Waals surface area contributed by atoms with Crippen molar-refractivity contribution in [2.24, 2.45) is 0 Å². The van der Waals surface area contributed by atoms with Crippen LogP contribution >= 0.6 is 11.3 Å². The lowest BCUT2D eigenvalue weighted by Crippen LogP contribution is -2.34. The Labute approximate surface area is 223 Å². The number of nitrogens with one attached hydrogen (secondary N) is 3. The van der Waals surface area contributed by atoms with Crippen molar-refractivity contribution in [1.82, 2.24) is 30.4 Å². The van der Waals surface area contributed by atoms with Crippen LogP contribution in [0.4, 0.5) is 22.4 Å². The number of thiazole rings is 1. The molecule has 2 amide bonds. The number of hydrogen-bond donors (Lipinski definition) is 4. The summed E-state index contributed by atoms with van der Waals surface area (Å²) < 4.78 is 13.1. The number of anilines is 3. The molecule has 0 bridgehead atoms. The molecule has 0 spiro atoms. The molecule has 13 heteroatoms. The summed E-state index contributed by atoms with van der Waals surface area (Å²) >= 11 is 1.46. The van der Waals surface area contributed by atoms with E-state index in [1.54, 1.807) is 39.0 Å². The maximum atomic E-state index is 12.7. The van der Waals surface area contributed by atoms with E-state index in [9.17, 15) is 9.59 Å². The first kappa shape index (κ1) is 26.7. The number of para-hydroxylation sites is 1. The molecule has 0 aliphatic rings. The number of carbonyl (C=O) groups excluding carboxylic acids is 2. The lowest BCUT2D eigenvalue weighted by atomic mass is 10.1. The number of benzene rings is 2. The molecule has 0 fully saturated rings. The molecule has 4 rings (SSSR count). The minimum absolute atomic E-state index is 0.190. The van der Waals surface area contributed by atoms with Crippen LogP contribution in [0, 0.1) is 0 Å². The number of amides is 2. The summed E-state index contributed by atoms with van der Waals surface area (Å²) in [7, 11) is 1.48. The van der Waals surface area contributed by atoms with E-state index in [0.717, 1.165) is 10.2 Å². The molecule has 0 radical (unpaired) electrons. The third-order valence-electron chi connectivity index (χ3n) is 5.11. The van der Waals surface area contributed by atoms with Gasteiger partial charge in [-0.2, -0.15) is 9.67 Å². The Morgan fingerprint density at radius 2 is 1.84 bits per heavy atom. The van der Waals surface area contributed by atoms with Gasteiger partial charge in [-0.05, 0) is 51.5 Å². The van der Waals surface area contributed by atoms with Crippen molar-refractivity contribution >= 4 is 51.1 Å². The average Bonchev–Trinajstić information content (AvgIpc) is 3.45. The lowest BCUT2D eigenvalue weighted by molar-refractivity contribution is 0.0527. The molecule has 0 saturated heterocycles. The zero-order chi connectivity index (χ0) is 27.3. The molecule has 38 heavy (non-hydrogen) atoms. The van der Waals surface area contributed by atoms with Gasteiger partial charge in [0.05, 0.1) is 22.9 Å². The van der Waals surface area contributed by atoms with Crippen molar-refractivity contribution in [3.8, 4) is 10.9 Å². The number of alkyl carbamates (subject to hydrolysis) is 1. The number of ether oxygens (including phenoxy) is 2. The Hall–Kier alpha value is -4.39. The van der Waals surface area contributed by atoms with Crippen LogP contribution in [0.5, 0.6) is 5.75 Å². The van der Waals surface area contributed by atoms with Crippen LogP contribution in [0.2, 0.25) is 0 Å². The lowest BCUT2D eigenvalue weighted by Gasteiger charge is -2.19. The summed E-state index contributed by atoms with van der Waals surface area (Å²) in [6, 6.07) is 12.8. The average molecular weight is 539 g/mol. The molecule has 2 aromatic carbocycles. The van der Waals surface area contributed by atoms with Crippen LogP contribution in [0.15, 0.2) is 42.5 Å². The van der Waals surface area contributed by atoms with E-state index >= 15 is 0 Å². The molecule has 0 unspecified atom stereocenters. The summed E-state index contributed by atoms with van der Waals surface area (Å²) in [5.74, 6) is 0.542. The SMILES string of the molecule is COc1cc(Nc2nc(N)n(-c3nc4ccccc4s3)n2)ccc1C(=O)NCCCNC(=O)OC(C)(C)C. The molecule has 12 nitrogen and oxygen atoms in total. The zero-order valence-corrected chi connectivity index (χ0v) is 22.4. The molecule has 2 aromatic heterocycles. The highest BCUT2D eigenvalue weighted by atomic mass is 32.1. The molecular formula is C25H30N8O4S. The Morgan fingerprint density at radius 3 is 2.58 bits per heavy atom. The van der Waals surface area contributed by atoms with Crippen molar-refractivity contribution in [3.05, 3.63) is 48.0 Å². The number of methoxy groups -OCH3 is 1.